The van der Waals surface area contributed by atoms with Gasteiger partial charge in [0.05, 0.1) is 11.3 Å². The van der Waals surface area contributed by atoms with Crippen LogP contribution in [0.2, 0.25) is 0 Å². The van der Waals surface area contributed by atoms with Crippen molar-refractivity contribution in [1.82, 2.24) is 0 Å². The topological polar surface area (TPSA) is 23.5 Å². The first-order valence-corrected chi connectivity index (χ1v) is 7.71. The molecule has 1 heterocycles. The Morgan fingerprint density at radius 1 is 1.17 bits per heavy atom. The summed E-state index contributed by atoms with van der Waals surface area (Å²) in [7, 11) is 0. The molecule has 0 amide bonds. The maximum absolute atomic E-state index is 9.97. The molecule has 3 heteroatoms. The van der Waals surface area contributed by atoms with Gasteiger partial charge in [-0.3, -0.25) is 0 Å². The molecular formula is C15H20BrNO. The van der Waals surface area contributed by atoms with E-state index in [2.05, 4.69) is 39.0 Å². The first kappa shape index (κ1) is 12.5. The number of anilines is 1. The van der Waals surface area contributed by atoms with Crippen LogP contribution in [-0.2, 0) is 6.42 Å². The largest absolute Gasteiger partial charge is 0.390 e. The zero-order chi connectivity index (χ0) is 12.6. The van der Waals surface area contributed by atoms with Gasteiger partial charge in [-0.15, -0.1) is 0 Å². The summed E-state index contributed by atoms with van der Waals surface area (Å²) in [6.07, 6.45) is 6.67. The first-order valence-electron chi connectivity index (χ1n) is 6.92. The van der Waals surface area contributed by atoms with Gasteiger partial charge in [0, 0.05) is 24.0 Å². The third-order valence-electron chi connectivity index (χ3n) is 4.07. The maximum atomic E-state index is 9.97. The molecule has 1 aliphatic heterocycles. The number of halogens is 1. The molecule has 0 bridgehead atoms. The molecule has 2 aliphatic rings. The van der Waals surface area contributed by atoms with Crippen LogP contribution in [0.1, 0.15) is 37.7 Å². The van der Waals surface area contributed by atoms with Gasteiger partial charge in [-0.2, -0.15) is 0 Å². The SMILES string of the molecule is OC1(Cc2ccc(N3CCCCC3)c(Br)c2)CC1. The average molecular weight is 310 g/mol. The zero-order valence-electron chi connectivity index (χ0n) is 10.7. The van der Waals surface area contributed by atoms with Crippen molar-refractivity contribution in [2.75, 3.05) is 18.0 Å². The highest BCUT2D eigenvalue weighted by Crippen LogP contribution is 2.39. The van der Waals surface area contributed by atoms with E-state index >= 15 is 0 Å². The van der Waals surface area contributed by atoms with Crippen LogP contribution in [0.15, 0.2) is 22.7 Å². The Hall–Kier alpha value is -0.540. The van der Waals surface area contributed by atoms with Crippen molar-refractivity contribution in [3.63, 3.8) is 0 Å². The fourth-order valence-corrected chi connectivity index (χ4v) is 3.43. The number of rotatable bonds is 3. The zero-order valence-corrected chi connectivity index (χ0v) is 12.2. The molecule has 0 unspecified atom stereocenters. The van der Waals surface area contributed by atoms with Crippen LogP contribution in [0.5, 0.6) is 0 Å². The van der Waals surface area contributed by atoms with Crippen LogP contribution >= 0.6 is 15.9 Å². The van der Waals surface area contributed by atoms with E-state index in [1.807, 2.05) is 0 Å². The Morgan fingerprint density at radius 3 is 2.50 bits per heavy atom. The van der Waals surface area contributed by atoms with Crippen molar-refractivity contribution in [2.24, 2.45) is 0 Å². The molecule has 3 rings (SSSR count). The molecule has 0 atom stereocenters. The van der Waals surface area contributed by atoms with Gasteiger partial charge < -0.3 is 10.0 Å². The summed E-state index contributed by atoms with van der Waals surface area (Å²) in [5, 5.41) is 9.97. The molecule has 0 aromatic heterocycles. The molecule has 1 saturated heterocycles. The van der Waals surface area contributed by atoms with Crippen molar-refractivity contribution in [1.29, 1.82) is 0 Å². The molecule has 18 heavy (non-hydrogen) atoms. The molecular weight excluding hydrogens is 290 g/mol. The summed E-state index contributed by atoms with van der Waals surface area (Å²) in [5.41, 5.74) is 2.15. The standard InChI is InChI=1S/C15H20BrNO/c16-13-10-12(11-15(18)6-7-15)4-5-14(13)17-8-2-1-3-9-17/h4-5,10,18H,1-3,6-9,11H2. The normalized spacial score (nSPS) is 22.0. The molecule has 1 aliphatic carbocycles. The quantitative estimate of drug-likeness (QED) is 0.923. The van der Waals surface area contributed by atoms with Crippen molar-refractivity contribution < 1.29 is 5.11 Å². The van der Waals surface area contributed by atoms with Crippen LogP contribution in [0.25, 0.3) is 0 Å². The predicted molar refractivity (Wildman–Crippen MR) is 78.1 cm³/mol. The number of piperidine rings is 1. The minimum atomic E-state index is -0.397. The highest BCUT2D eigenvalue weighted by Gasteiger charge is 2.40. The van der Waals surface area contributed by atoms with Gasteiger partial charge in [0.15, 0.2) is 0 Å². The Bertz CT molecular complexity index is 436. The van der Waals surface area contributed by atoms with E-state index in [4.69, 9.17) is 0 Å². The van der Waals surface area contributed by atoms with E-state index in [0.717, 1.165) is 19.3 Å². The van der Waals surface area contributed by atoms with E-state index in [1.54, 1.807) is 0 Å². The summed E-state index contributed by atoms with van der Waals surface area (Å²) in [6.45, 7) is 2.34. The molecule has 1 N–H and O–H groups in total. The minimum absolute atomic E-state index is 0.397. The Kier molecular flexibility index (Phi) is 3.37. The smallest absolute Gasteiger partial charge is 0.0690 e. The molecule has 1 aromatic carbocycles. The number of hydrogen-bond acceptors (Lipinski definition) is 2. The van der Waals surface area contributed by atoms with Gasteiger partial charge in [-0.1, -0.05) is 6.07 Å². The second-order valence-corrected chi connectivity index (χ2v) is 6.59. The highest BCUT2D eigenvalue weighted by atomic mass is 79.9. The van der Waals surface area contributed by atoms with Crippen molar-refractivity contribution in [3.05, 3.63) is 28.2 Å². The lowest BCUT2D eigenvalue weighted by Gasteiger charge is -2.30. The fraction of sp³-hybridized carbons (Fsp3) is 0.600. The number of aliphatic hydroxyl groups is 1. The Morgan fingerprint density at radius 2 is 1.89 bits per heavy atom. The van der Waals surface area contributed by atoms with Crippen LogP contribution in [0, 0.1) is 0 Å². The van der Waals surface area contributed by atoms with Crippen molar-refractivity contribution >= 4 is 21.6 Å². The fourth-order valence-electron chi connectivity index (χ4n) is 2.75. The van der Waals surface area contributed by atoms with Crippen LogP contribution in [0.3, 0.4) is 0 Å². The molecule has 98 valence electrons. The van der Waals surface area contributed by atoms with E-state index in [1.165, 1.54) is 48.1 Å². The van der Waals surface area contributed by atoms with Gasteiger partial charge in [-0.05, 0) is 65.7 Å². The van der Waals surface area contributed by atoms with Crippen molar-refractivity contribution in [3.8, 4) is 0 Å². The van der Waals surface area contributed by atoms with Gasteiger partial charge in [-0.25, -0.2) is 0 Å². The van der Waals surface area contributed by atoms with E-state index < -0.39 is 5.60 Å². The molecule has 2 fully saturated rings. The lowest BCUT2D eigenvalue weighted by atomic mass is 10.0. The first-order chi connectivity index (χ1) is 8.66. The third-order valence-corrected chi connectivity index (χ3v) is 4.70. The third kappa shape index (κ3) is 2.72. The number of benzene rings is 1. The van der Waals surface area contributed by atoms with Crippen LogP contribution in [0.4, 0.5) is 5.69 Å². The monoisotopic (exact) mass is 309 g/mol. The molecule has 0 spiro atoms. The Labute approximate surface area is 117 Å². The summed E-state index contributed by atoms with van der Waals surface area (Å²) >= 11 is 3.69. The molecule has 0 radical (unpaired) electrons. The molecule has 1 aromatic rings. The second-order valence-electron chi connectivity index (χ2n) is 5.73. The minimum Gasteiger partial charge on any atom is -0.390 e. The lowest BCUT2D eigenvalue weighted by Crippen LogP contribution is -2.29. The van der Waals surface area contributed by atoms with Crippen LogP contribution in [-0.4, -0.2) is 23.8 Å². The van der Waals surface area contributed by atoms with Gasteiger partial charge in [0.1, 0.15) is 0 Å². The number of hydrogen-bond donors (Lipinski definition) is 1. The van der Waals surface area contributed by atoms with E-state index in [-0.39, 0.29) is 0 Å². The summed E-state index contributed by atoms with van der Waals surface area (Å²) in [4.78, 5) is 2.46. The summed E-state index contributed by atoms with van der Waals surface area (Å²) in [6, 6.07) is 6.56. The van der Waals surface area contributed by atoms with E-state index in [0.29, 0.717) is 0 Å². The second kappa shape index (κ2) is 4.86. The Balaban J connectivity index is 1.75. The van der Waals surface area contributed by atoms with Gasteiger partial charge in [0.2, 0.25) is 0 Å². The maximum Gasteiger partial charge on any atom is 0.0690 e. The van der Waals surface area contributed by atoms with Gasteiger partial charge in [0.25, 0.3) is 0 Å². The summed E-state index contributed by atoms with van der Waals surface area (Å²) in [5.74, 6) is 0. The van der Waals surface area contributed by atoms with E-state index in [9.17, 15) is 5.11 Å². The number of nitrogens with zero attached hydrogens (tertiary/aromatic N) is 1. The van der Waals surface area contributed by atoms with Gasteiger partial charge >= 0.3 is 0 Å². The average Bonchev–Trinajstić information content (AvgIpc) is 3.08. The molecule has 2 nitrogen and oxygen atoms in total. The predicted octanol–water partition coefficient (Wildman–Crippen LogP) is 3.51. The summed E-state index contributed by atoms with van der Waals surface area (Å²) < 4.78 is 1.17. The van der Waals surface area contributed by atoms with Crippen LogP contribution < -0.4 is 4.90 Å². The van der Waals surface area contributed by atoms with Crippen molar-refractivity contribution in [2.45, 2.75) is 44.1 Å². The lowest BCUT2D eigenvalue weighted by molar-refractivity contribution is 0.151. The molecule has 1 saturated carbocycles. The highest BCUT2D eigenvalue weighted by molar-refractivity contribution is 9.10.